The smallest absolute Gasteiger partial charge is 0.326 e. The van der Waals surface area contributed by atoms with E-state index < -0.39 is 23.2 Å². The van der Waals surface area contributed by atoms with Gasteiger partial charge in [-0.05, 0) is 32.4 Å². The molecule has 0 spiro atoms. The highest BCUT2D eigenvalue weighted by Crippen LogP contribution is 2.34. The summed E-state index contributed by atoms with van der Waals surface area (Å²) in [4.78, 5) is 11.6. The molecule has 0 aromatic heterocycles. The molecule has 0 aliphatic rings. The topological polar surface area (TPSA) is 55.1 Å². The number of benzene rings is 1. The first-order valence-electron chi connectivity index (χ1n) is 5.84. The minimum Gasteiger partial charge on any atom is -0.326 e. The summed E-state index contributed by atoms with van der Waals surface area (Å²) in [7, 11) is 0. The Morgan fingerprint density at radius 2 is 1.84 bits per heavy atom. The Morgan fingerprint density at radius 3 is 2.37 bits per heavy atom. The summed E-state index contributed by atoms with van der Waals surface area (Å²) in [6.45, 7) is 3.51. The van der Waals surface area contributed by atoms with E-state index in [9.17, 15) is 18.0 Å². The van der Waals surface area contributed by atoms with Crippen molar-refractivity contribution in [2.45, 2.75) is 38.4 Å². The first-order valence-corrected chi connectivity index (χ1v) is 5.84. The maximum absolute atomic E-state index is 12.7. The third kappa shape index (κ3) is 5.30. The fraction of sp³-hybridized carbons (Fsp3) is 0.462. The molecular formula is C13H17F3N2O. The van der Waals surface area contributed by atoms with E-state index in [4.69, 9.17) is 5.73 Å². The average Bonchev–Trinajstić information content (AvgIpc) is 2.25. The molecule has 0 unspecified atom stereocenters. The second kappa shape index (κ2) is 5.61. The van der Waals surface area contributed by atoms with Crippen LogP contribution in [0.5, 0.6) is 0 Å². The molecule has 3 N–H and O–H groups in total. The molecule has 0 atom stereocenters. The summed E-state index contributed by atoms with van der Waals surface area (Å²) in [5.74, 6) is -0.477. The number of nitrogens with one attached hydrogen (secondary N) is 1. The van der Waals surface area contributed by atoms with Crippen molar-refractivity contribution < 1.29 is 18.0 Å². The van der Waals surface area contributed by atoms with Gasteiger partial charge < -0.3 is 11.1 Å². The van der Waals surface area contributed by atoms with Crippen molar-refractivity contribution in [2.24, 2.45) is 5.73 Å². The highest BCUT2D eigenvalue weighted by atomic mass is 19.4. The number of anilines is 1. The number of nitrogens with two attached hydrogens (primary N) is 1. The number of amides is 1. The molecule has 1 amide bonds. The number of rotatable bonds is 4. The Balaban J connectivity index is 2.75. The first kappa shape index (κ1) is 15.5. The van der Waals surface area contributed by atoms with Crippen LogP contribution in [0.2, 0.25) is 0 Å². The van der Waals surface area contributed by atoms with Gasteiger partial charge in [-0.2, -0.15) is 13.2 Å². The number of halogens is 3. The Morgan fingerprint density at radius 1 is 1.26 bits per heavy atom. The lowest BCUT2D eigenvalue weighted by Gasteiger charge is -2.18. The summed E-state index contributed by atoms with van der Waals surface area (Å²) in [6.07, 6.45) is -4.01. The fourth-order valence-corrected chi connectivity index (χ4v) is 1.49. The van der Waals surface area contributed by atoms with Crippen molar-refractivity contribution in [1.29, 1.82) is 0 Å². The number of para-hydroxylation sites is 1. The van der Waals surface area contributed by atoms with Crippen molar-refractivity contribution in [3.8, 4) is 0 Å². The van der Waals surface area contributed by atoms with Crippen LogP contribution >= 0.6 is 0 Å². The molecule has 0 aliphatic carbocycles. The molecule has 1 rings (SSSR count). The average molecular weight is 274 g/mol. The summed E-state index contributed by atoms with van der Waals surface area (Å²) in [5, 5.41) is 2.28. The van der Waals surface area contributed by atoms with Gasteiger partial charge in [0.15, 0.2) is 0 Å². The van der Waals surface area contributed by atoms with E-state index in [1.54, 1.807) is 13.8 Å². The molecule has 0 saturated carbocycles. The van der Waals surface area contributed by atoms with Gasteiger partial charge >= 0.3 is 6.18 Å². The third-order valence-electron chi connectivity index (χ3n) is 2.50. The van der Waals surface area contributed by atoms with Gasteiger partial charge in [0, 0.05) is 12.0 Å². The molecule has 19 heavy (non-hydrogen) atoms. The minimum atomic E-state index is -4.49. The third-order valence-corrected chi connectivity index (χ3v) is 2.50. The van der Waals surface area contributed by atoms with E-state index in [-0.39, 0.29) is 12.1 Å². The van der Waals surface area contributed by atoms with Crippen LogP contribution in [0.4, 0.5) is 18.9 Å². The molecular weight excluding hydrogens is 257 g/mol. The molecule has 0 radical (unpaired) electrons. The van der Waals surface area contributed by atoms with Gasteiger partial charge in [0.2, 0.25) is 5.91 Å². The standard InChI is InChI=1S/C13H17F3N2O/c1-12(2,17)8-7-11(19)18-10-6-4-3-5-9(10)13(14,15)16/h3-6H,7-8,17H2,1-2H3,(H,18,19). The zero-order valence-electron chi connectivity index (χ0n) is 10.8. The monoisotopic (exact) mass is 274 g/mol. The summed E-state index contributed by atoms with van der Waals surface area (Å²) in [5.41, 5.74) is 4.11. The second-order valence-electron chi connectivity index (χ2n) is 5.08. The molecule has 0 bridgehead atoms. The lowest BCUT2D eigenvalue weighted by molar-refractivity contribution is -0.137. The van der Waals surface area contributed by atoms with E-state index in [0.717, 1.165) is 6.07 Å². The molecule has 0 heterocycles. The van der Waals surface area contributed by atoms with Crippen molar-refractivity contribution in [2.75, 3.05) is 5.32 Å². The normalized spacial score (nSPS) is 12.3. The molecule has 6 heteroatoms. The van der Waals surface area contributed by atoms with Crippen molar-refractivity contribution in [3.63, 3.8) is 0 Å². The number of hydrogen-bond donors (Lipinski definition) is 2. The van der Waals surface area contributed by atoms with Crippen LogP contribution < -0.4 is 11.1 Å². The van der Waals surface area contributed by atoms with Crippen molar-refractivity contribution >= 4 is 11.6 Å². The quantitative estimate of drug-likeness (QED) is 0.886. The first-order chi connectivity index (χ1) is 8.59. The molecule has 3 nitrogen and oxygen atoms in total. The summed E-state index contributed by atoms with van der Waals surface area (Å²) >= 11 is 0. The molecule has 106 valence electrons. The highest BCUT2D eigenvalue weighted by Gasteiger charge is 2.33. The van der Waals surface area contributed by atoms with E-state index in [1.165, 1.54) is 18.2 Å². The largest absolute Gasteiger partial charge is 0.418 e. The van der Waals surface area contributed by atoms with Gasteiger partial charge in [0.05, 0.1) is 11.3 Å². The molecule has 0 aliphatic heterocycles. The van der Waals surface area contributed by atoms with Crippen LogP contribution in [0, 0.1) is 0 Å². The Hall–Kier alpha value is -1.56. The fourth-order valence-electron chi connectivity index (χ4n) is 1.49. The van der Waals surface area contributed by atoms with Gasteiger partial charge in [-0.15, -0.1) is 0 Å². The summed E-state index contributed by atoms with van der Waals surface area (Å²) in [6, 6.07) is 4.88. The van der Waals surface area contributed by atoms with E-state index in [2.05, 4.69) is 5.32 Å². The predicted molar refractivity (Wildman–Crippen MR) is 67.6 cm³/mol. The predicted octanol–water partition coefficient (Wildman–Crippen LogP) is 3.16. The van der Waals surface area contributed by atoms with Gasteiger partial charge in [0.25, 0.3) is 0 Å². The number of alkyl halides is 3. The van der Waals surface area contributed by atoms with Crippen LogP contribution in [0.25, 0.3) is 0 Å². The van der Waals surface area contributed by atoms with Crippen LogP contribution in [-0.4, -0.2) is 11.4 Å². The molecule has 1 aromatic carbocycles. The van der Waals surface area contributed by atoms with Crippen LogP contribution in [-0.2, 0) is 11.0 Å². The van der Waals surface area contributed by atoms with Gasteiger partial charge in [-0.1, -0.05) is 12.1 Å². The van der Waals surface area contributed by atoms with E-state index in [0.29, 0.717) is 6.42 Å². The molecule has 1 aromatic rings. The Kier molecular flexibility index (Phi) is 4.57. The lowest BCUT2D eigenvalue weighted by atomic mass is 10.00. The Bertz CT molecular complexity index is 450. The van der Waals surface area contributed by atoms with Gasteiger partial charge in [0.1, 0.15) is 0 Å². The van der Waals surface area contributed by atoms with Gasteiger partial charge in [-0.25, -0.2) is 0 Å². The maximum atomic E-state index is 12.7. The van der Waals surface area contributed by atoms with Gasteiger partial charge in [-0.3, -0.25) is 4.79 Å². The minimum absolute atomic E-state index is 0.0791. The van der Waals surface area contributed by atoms with Crippen molar-refractivity contribution in [3.05, 3.63) is 29.8 Å². The van der Waals surface area contributed by atoms with E-state index in [1.807, 2.05) is 0 Å². The summed E-state index contributed by atoms with van der Waals surface area (Å²) < 4.78 is 38.1. The zero-order valence-corrected chi connectivity index (χ0v) is 10.8. The molecule has 0 saturated heterocycles. The zero-order chi connectivity index (χ0) is 14.7. The number of carbonyl (C=O) groups is 1. The molecule has 0 fully saturated rings. The number of hydrogen-bond acceptors (Lipinski definition) is 2. The Labute approximate surface area is 110 Å². The maximum Gasteiger partial charge on any atom is 0.418 e. The van der Waals surface area contributed by atoms with Crippen LogP contribution in [0.1, 0.15) is 32.3 Å². The SMILES string of the molecule is CC(C)(N)CCC(=O)Nc1ccccc1C(F)(F)F. The highest BCUT2D eigenvalue weighted by molar-refractivity contribution is 5.91. The second-order valence-corrected chi connectivity index (χ2v) is 5.08. The number of carbonyl (C=O) groups excluding carboxylic acids is 1. The van der Waals surface area contributed by atoms with Crippen molar-refractivity contribution in [1.82, 2.24) is 0 Å². The van der Waals surface area contributed by atoms with Crippen LogP contribution in [0.15, 0.2) is 24.3 Å². The van der Waals surface area contributed by atoms with Crippen LogP contribution in [0.3, 0.4) is 0 Å². The van der Waals surface area contributed by atoms with E-state index >= 15 is 0 Å². The lowest BCUT2D eigenvalue weighted by Crippen LogP contribution is -2.33.